The summed E-state index contributed by atoms with van der Waals surface area (Å²) in [6, 6.07) is 13.1. The molecule has 2 aromatic carbocycles. The van der Waals surface area contributed by atoms with Gasteiger partial charge in [0.05, 0.1) is 14.2 Å². The van der Waals surface area contributed by atoms with Gasteiger partial charge in [0.15, 0.2) is 11.5 Å². The van der Waals surface area contributed by atoms with E-state index in [-0.39, 0.29) is 6.61 Å². The number of cyclic esters (lactones) is 1. The quantitative estimate of drug-likeness (QED) is 0.913. The van der Waals surface area contributed by atoms with Crippen molar-refractivity contribution in [3.8, 4) is 11.5 Å². The van der Waals surface area contributed by atoms with Gasteiger partial charge in [-0.15, -0.1) is 0 Å². The maximum atomic E-state index is 12.4. The molecule has 0 aromatic heterocycles. The molecular weight excluding hydrogens is 334 g/mol. The zero-order valence-corrected chi connectivity index (χ0v) is 14.8. The predicted molar refractivity (Wildman–Crippen MR) is 94.4 cm³/mol. The third kappa shape index (κ3) is 2.25. The van der Waals surface area contributed by atoms with E-state index in [0.717, 1.165) is 16.7 Å². The summed E-state index contributed by atoms with van der Waals surface area (Å²) in [5.74, 6) is 1.20. The van der Waals surface area contributed by atoms with Crippen molar-refractivity contribution in [1.29, 1.82) is 0 Å². The lowest BCUT2D eigenvalue weighted by Crippen LogP contribution is -2.53. The maximum absolute atomic E-state index is 12.4. The lowest BCUT2D eigenvalue weighted by atomic mass is 9.75. The number of benzene rings is 2. The molecule has 1 amide bonds. The van der Waals surface area contributed by atoms with Crippen molar-refractivity contribution in [2.45, 2.75) is 18.1 Å². The molecule has 2 heterocycles. The molecule has 2 unspecified atom stereocenters. The van der Waals surface area contributed by atoms with Crippen LogP contribution in [0.25, 0.3) is 0 Å². The molecule has 1 saturated heterocycles. The Morgan fingerprint density at radius 3 is 2.54 bits per heavy atom. The van der Waals surface area contributed by atoms with Crippen LogP contribution in [0.15, 0.2) is 42.5 Å². The maximum Gasteiger partial charge on any atom is 0.410 e. The van der Waals surface area contributed by atoms with Crippen LogP contribution < -0.4 is 9.47 Å². The molecule has 0 bridgehead atoms. The summed E-state index contributed by atoms with van der Waals surface area (Å²) in [5, 5.41) is 11.3. The SMILES string of the molecule is COc1cc2c(cc1OC)C1(C(O)c3ccccc3)COC(=O)N1CC2. The van der Waals surface area contributed by atoms with Gasteiger partial charge < -0.3 is 19.3 Å². The van der Waals surface area contributed by atoms with E-state index in [9.17, 15) is 9.90 Å². The Morgan fingerprint density at radius 2 is 1.85 bits per heavy atom. The molecule has 0 aliphatic carbocycles. The molecule has 2 aliphatic heterocycles. The van der Waals surface area contributed by atoms with E-state index in [1.54, 1.807) is 19.1 Å². The Balaban J connectivity index is 1.92. The number of hydrogen-bond donors (Lipinski definition) is 1. The second-order valence-corrected chi connectivity index (χ2v) is 6.56. The minimum Gasteiger partial charge on any atom is -0.493 e. The summed E-state index contributed by atoms with van der Waals surface area (Å²) in [7, 11) is 3.16. The standard InChI is InChI=1S/C20H21NO5/c1-24-16-10-14-8-9-21-19(23)26-12-20(21,15(14)11-17(16)25-2)18(22)13-6-4-3-5-7-13/h3-7,10-11,18,22H,8-9,12H2,1-2H3. The molecule has 1 N–H and O–H groups in total. The van der Waals surface area contributed by atoms with Gasteiger partial charge in [0, 0.05) is 6.54 Å². The molecule has 136 valence electrons. The molecule has 0 saturated carbocycles. The third-order valence-electron chi connectivity index (χ3n) is 5.37. The van der Waals surface area contributed by atoms with Gasteiger partial charge in [0.2, 0.25) is 0 Å². The van der Waals surface area contributed by atoms with Crippen LogP contribution in [0.5, 0.6) is 11.5 Å². The topological polar surface area (TPSA) is 68.2 Å². The summed E-state index contributed by atoms with van der Waals surface area (Å²) < 4.78 is 16.3. The van der Waals surface area contributed by atoms with Crippen LogP contribution >= 0.6 is 0 Å². The first kappa shape index (κ1) is 16.7. The number of methoxy groups -OCH3 is 2. The molecule has 0 radical (unpaired) electrons. The van der Waals surface area contributed by atoms with Gasteiger partial charge in [0.1, 0.15) is 18.2 Å². The van der Waals surface area contributed by atoms with Gasteiger partial charge >= 0.3 is 6.09 Å². The third-order valence-corrected chi connectivity index (χ3v) is 5.37. The number of carbonyl (C=O) groups is 1. The van der Waals surface area contributed by atoms with Crippen molar-refractivity contribution in [3.05, 3.63) is 59.2 Å². The number of hydrogen-bond acceptors (Lipinski definition) is 5. The van der Waals surface area contributed by atoms with Crippen molar-refractivity contribution in [3.63, 3.8) is 0 Å². The molecule has 4 rings (SSSR count). The Kier molecular flexibility index (Phi) is 4.00. The van der Waals surface area contributed by atoms with E-state index in [0.29, 0.717) is 24.5 Å². The van der Waals surface area contributed by atoms with E-state index < -0.39 is 17.7 Å². The van der Waals surface area contributed by atoms with E-state index in [1.807, 2.05) is 42.5 Å². The van der Waals surface area contributed by atoms with Crippen LogP contribution in [-0.2, 0) is 16.7 Å². The highest BCUT2D eigenvalue weighted by Crippen LogP contribution is 2.50. The van der Waals surface area contributed by atoms with Crippen molar-refractivity contribution in [2.75, 3.05) is 27.4 Å². The van der Waals surface area contributed by atoms with E-state index >= 15 is 0 Å². The number of aliphatic hydroxyl groups excluding tert-OH is 1. The van der Waals surface area contributed by atoms with Crippen molar-refractivity contribution < 1.29 is 24.1 Å². The van der Waals surface area contributed by atoms with E-state index in [2.05, 4.69) is 0 Å². The van der Waals surface area contributed by atoms with Crippen molar-refractivity contribution >= 4 is 6.09 Å². The first-order valence-corrected chi connectivity index (χ1v) is 8.54. The first-order chi connectivity index (χ1) is 12.6. The molecule has 6 heteroatoms. The fraction of sp³-hybridized carbons (Fsp3) is 0.350. The zero-order valence-electron chi connectivity index (χ0n) is 14.8. The summed E-state index contributed by atoms with van der Waals surface area (Å²) in [5.41, 5.74) is 1.61. The average Bonchev–Trinajstić information content (AvgIpc) is 3.04. The predicted octanol–water partition coefficient (Wildman–Crippen LogP) is 2.64. The number of amides is 1. The molecular formula is C20H21NO5. The highest BCUT2D eigenvalue weighted by molar-refractivity contribution is 5.74. The van der Waals surface area contributed by atoms with Gasteiger partial charge in [-0.3, -0.25) is 4.90 Å². The first-order valence-electron chi connectivity index (χ1n) is 8.54. The fourth-order valence-electron chi connectivity index (χ4n) is 4.05. The van der Waals surface area contributed by atoms with Gasteiger partial charge in [-0.25, -0.2) is 4.79 Å². The Morgan fingerprint density at radius 1 is 1.15 bits per heavy atom. The van der Waals surface area contributed by atoms with E-state index in [1.165, 1.54) is 0 Å². The minimum absolute atomic E-state index is 0.0877. The summed E-state index contributed by atoms with van der Waals surface area (Å²) in [6.45, 7) is 0.565. The largest absolute Gasteiger partial charge is 0.493 e. The molecule has 2 atom stereocenters. The number of carbonyl (C=O) groups excluding carboxylic acids is 1. The highest BCUT2D eigenvalue weighted by Gasteiger charge is 2.56. The van der Waals surface area contributed by atoms with Crippen molar-refractivity contribution in [1.82, 2.24) is 4.90 Å². The smallest absolute Gasteiger partial charge is 0.410 e. The lowest BCUT2D eigenvalue weighted by Gasteiger charge is -2.44. The van der Waals surface area contributed by atoms with Gasteiger partial charge in [-0.05, 0) is 35.2 Å². The van der Waals surface area contributed by atoms with Crippen LogP contribution in [0.3, 0.4) is 0 Å². The van der Waals surface area contributed by atoms with Crippen LogP contribution in [0, 0.1) is 0 Å². The summed E-state index contributed by atoms with van der Waals surface area (Å²) >= 11 is 0. The minimum atomic E-state index is -0.981. The summed E-state index contributed by atoms with van der Waals surface area (Å²) in [4.78, 5) is 14.0. The van der Waals surface area contributed by atoms with Crippen LogP contribution in [0.2, 0.25) is 0 Å². The van der Waals surface area contributed by atoms with E-state index in [4.69, 9.17) is 14.2 Å². The number of aliphatic hydroxyl groups is 1. The molecule has 2 aromatic rings. The summed E-state index contributed by atoms with van der Waals surface area (Å²) in [6.07, 6.45) is -0.665. The Labute approximate surface area is 151 Å². The van der Waals surface area contributed by atoms with Crippen molar-refractivity contribution in [2.24, 2.45) is 0 Å². The Hall–Kier alpha value is -2.73. The van der Waals surface area contributed by atoms with Crippen LogP contribution in [-0.4, -0.2) is 43.5 Å². The second kappa shape index (κ2) is 6.21. The number of fused-ring (bicyclic) bond motifs is 3. The molecule has 2 aliphatic rings. The monoisotopic (exact) mass is 355 g/mol. The normalized spacial score (nSPS) is 22.3. The number of rotatable bonds is 4. The molecule has 0 spiro atoms. The zero-order chi connectivity index (χ0) is 18.3. The molecule has 1 fully saturated rings. The van der Waals surface area contributed by atoms with Crippen LogP contribution in [0.1, 0.15) is 22.8 Å². The number of ether oxygens (including phenoxy) is 3. The van der Waals surface area contributed by atoms with Gasteiger partial charge in [0.25, 0.3) is 0 Å². The molecule has 6 nitrogen and oxygen atoms in total. The highest BCUT2D eigenvalue weighted by atomic mass is 16.6. The van der Waals surface area contributed by atoms with Gasteiger partial charge in [-0.2, -0.15) is 0 Å². The van der Waals surface area contributed by atoms with Gasteiger partial charge in [-0.1, -0.05) is 30.3 Å². The lowest BCUT2D eigenvalue weighted by molar-refractivity contribution is -0.00371. The van der Waals surface area contributed by atoms with Crippen LogP contribution in [0.4, 0.5) is 4.79 Å². The fourth-order valence-corrected chi connectivity index (χ4v) is 4.05. The second-order valence-electron chi connectivity index (χ2n) is 6.56. The average molecular weight is 355 g/mol. The Bertz CT molecular complexity index is 838. The molecule has 26 heavy (non-hydrogen) atoms. The number of nitrogens with zero attached hydrogens (tertiary/aromatic N) is 1.